The largest absolute Gasteiger partial charge is 0.327 e. The highest BCUT2D eigenvalue weighted by Gasteiger charge is 2.06. The minimum Gasteiger partial charge on any atom is -0.327 e. The number of nitrogens with one attached hydrogen (secondary N) is 1. The maximum Gasteiger partial charge on any atom is 0.0923 e. The molecule has 17 heavy (non-hydrogen) atoms. The molecule has 1 atom stereocenters. The fourth-order valence-corrected chi connectivity index (χ4v) is 2.02. The molecule has 0 spiro atoms. The fourth-order valence-electron chi connectivity index (χ4n) is 1.66. The summed E-state index contributed by atoms with van der Waals surface area (Å²) >= 11 is 2.30. The van der Waals surface area contributed by atoms with E-state index in [0.29, 0.717) is 0 Å². The van der Waals surface area contributed by atoms with Gasteiger partial charge in [0.05, 0.1) is 5.69 Å². The van der Waals surface area contributed by atoms with E-state index in [2.05, 4.69) is 70.0 Å². The lowest BCUT2D eigenvalue weighted by molar-refractivity contribution is 0.635. The van der Waals surface area contributed by atoms with Crippen LogP contribution in [0, 0.1) is 3.57 Å². The third kappa shape index (κ3) is 3.29. The molecule has 0 bridgehead atoms. The van der Waals surface area contributed by atoms with Crippen LogP contribution in [-0.4, -0.2) is 16.2 Å². The second-order valence-electron chi connectivity index (χ2n) is 4.16. The normalized spacial score (nSPS) is 12.6. The number of benzene rings is 1. The molecule has 0 amide bonds. The molecule has 4 heteroatoms. The zero-order valence-electron chi connectivity index (χ0n) is 9.78. The van der Waals surface area contributed by atoms with E-state index in [-0.39, 0.29) is 6.04 Å². The highest BCUT2D eigenvalue weighted by atomic mass is 127. The summed E-state index contributed by atoms with van der Waals surface area (Å²) in [7, 11) is 0. The van der Waals surface area contributed by atoms with E-state index in [1.54, 1.807) is 0 Å². The first kappa shape index (κ1) is 12.6. The molecule has 1 aromatic heterocycles. The van der Waals surface area contributed by atoms with Crippen molar-refractivity contribution in [2.75, 3.05) is 0 Å². The number of nitrogens with zero attached hydrogens (tertiary/aromatic N) is 1. The second-order valence-corrected chi connectivity index (χ2v) is 5.40. The number of rotatable bonds is 4. The maximum absolute atomic E-state index is 5.92. The third-order valence-electron chi connectivity index (χ3n) is 2.78. The zero-order valence-corrected chi connectivity index (χ0v) is 11.9. The lowest BCUT2D eigenvalue weighted by Crippen LogP contribution is -2.21. The van der Waals surface area contributed by atoms with Crippen LogP contribution in [0.1, 0.15) is 19.0 Å². The lowest BCUT2D eigenvalue weighted by atomic mass is 10.1. The Morgan fingerprint density at radius 1 is 1.35 bits per heavy atom. The van der Waals surface area contributed by atoms with Gasteiger partial charge in [0.15, 0.2) is 0 Å². The standard InChI is InChI=1S/C13H16IN3/c1-2-11(15)7-12-8-13(17-16-12)9-3-5-10(14)6-4-9/h3-6,8,11H,2,7,15H2,1H3,(H,16,17). The molecule has 3 N–H and O–H groups in total. The molecular weight excluding hydrogens is 325 g/mol. The summed E-state index contributed by atoms with van der Waals surface area (Å²) in [4.78, 5) is 0. The minimum atomic E-state index is 0.208. The lowest BCUT2D eigenvalue weighted by Gasteiger charge is -2.04. The molecular formula is C13H16IN3. The molecule has 1 aromatic carbocycles. The number of aromatic amines is 1. The van der Waals surface area contributed by atoms with Crippen LogP contribution in [0.4, 0.5) is 0 Å². The Morgan fingerprint density at radius 2 is 2.06 bits per heavy atom. The van der Waals surface area contributed by atoms with Gasteiger partial charge < -0.3 is 5.73 Å². The molecule has 1 unspecified atom stereocenters. The van der Waals surface area contributed by atoms with Gasteiger partial charge in [0, 0.05) is 27.3 Å². The van der Waals surface area contributed by atoms with Gasteiger partial charge in [-0.25, -0.2) is 0 Å². The van der Waals surface area contributed by atoms with Crippen molar-refractivity contribution in [3.8, 4) is 11.3 Å². The Kier molecular flexibility index (Phi) is 4.17. The topological polar surface area (TPSA) is 54.7 Å². The fraction of sp³-hybridized carbons (Fsp3) is 0.308. The summed E-state index contributed by atoms with van der Waals surface area (Å²) in [6, 6.07) is 10.6. The van der Waals surface area contributed by atoms with Crippen molar-refractivity contribution in [3.05, 3.63) is 39.6 Å². The average Bonchev–Trinajstić information content (AvgIpc) is 2.78. The molecule has 90 valence electrons. The van der Waals surface area contributed by atoms with Gasteiger partial charge in [-0.3, -0.25) is 5.10 Å². The van der Waals surface area contributed by atoms with E-state index in [1.807, 2.05) is 0 Å². The van der Waals surface area contributed by atoms with Crippen LogP contribution in [0.3, 0.4) is 0 Å². The summed E-state index contributed by atoms with van der Waals surface area (Å²) < 4.78 is 1.23. The highest BCUT2D eigenvalue weighted by molar-refractivity contribution is 14.1. The van der Waals surface area contributed by atoms with Gasteiger partial charge in [-0.15, -0.1) is 0 Å². The summed E-state index contributed by atoms with van der Waals surface area (Å²) in [6.45, 7) is 2.10. The molecule has 2 rings (SSSR count). The van der Waals surface area contributed by atoms with E-state index in [4.69, 9.17) is 5.73 Å². The monoisotopic (exact) mass is 341 g/mol. The van der Waals surface area contributed by atoms with E-state index in [9.17, 15) is 0 Å². The molecule has 0 saturated heterocycles. The van der Waals surface area contributed by atoms with Crippen molar-refractivity contribution >= 4 is 22.6 Å². The van der Waals surface area contributed by atoms with E-state index in [1.165, 1.54) is 3.57 Å². The summed E-state index contributed by atoms with van der Waals surface area (Å²) in [5, 5.41) is 7.37. The van der Waals surface area contributed by atoms with Crippen LogP contribution >= 0.6 is 22.6 Å². The molecule has 2 aromatic rings. The van der Waals surface area contributed by atoms with Crippen LogP contribution < -0.4 is 5.73 Å². The van der Waals surface area contributed by atoms with Crippen molar-refractivity contribution in [3.63, 3.8) is 0 Å². The minimum absolute atomic E-state index is 0.208. The van der Waals surface area contributed by atoms with Gasteiger partial charge in [0.25, 0.3) is 0 Å². The van der Waals surface area contributed by atoms with Crippen LogP contribution in [0.5, 0.6) is 0 Å². The molecule has 3 nitrogen and oxygen atoms in total. The quantitative estimate of drug-likeness (QED) is 0.840. The van der Waals surface area contributed by atoms with Crippen molar-refractivity contribution in [2.24, 2.45) is 5.73 Å². The molecule has 0 radical (unpaired) electrons. The Morgan fingerprint density at radius 3 is 2.71 bits per heavy atom. The van der Waals surface area contributed by atoms with Crippen LogP contribution in [0.2, 0.25) is 0 Å². The predicted molar refractivity (Wildman–Crippen MR) is 78.7 cm³/mol. The molecule has 0 aliphatic rings. The molecule has 0 saturated carbocycles. The molecule has 0 aliphatic heterocycles. The summed E-state index contributed by atoms with van der Waals surface area (Å²) in [5.41, 5.74) is 9.15. The van der Waals surface area contributed by atoms with Gasteiger partial charge in [-0.05, 0) is 47.2 Å². The first-order valence-electron chi connectivity index (χ1n) is 5.75. The predicted octanol–water partition coefficient (Wildman–Crippen LogP) is 2.96. The van der Waals surface area contributed by atoms with Crippen molar-refractivity contribution in [1.29, 1.82) is 0 Å². The van der Waals surface area contributed by atoms with Crippen molar-refractivity contribution in [1.82, 2.24) is 10.2 Å². The summed E-state index contributed by atoms with van der Waals surface area (Å²) in [5.74, 6) is 0. The van der Waals surface area contributed by atoms with Crippen LogP contribution in [-0.2, 0) is 6.42 Å². The highest BCUT2D eigenvalue weighted by Crippen LogP contribution is 2.19. The van der Waals surface area contributed by atoms with Crippen LogP contribution in [0.25, 0.3) is 11.3 Å². The average molecular weight is 341 g/mol. The first-order valence-corrected chi connectivity index (χ1v) is 6.82. The van der Waals surface area contributed by atoms with E-state index in [0.717, 1.165) is 29.8 Å². The van der Waals surface area contributed by atoms with Gasteiger partial charge >= 0.3 is 0 Å². The zero-order chi connectivity index (χ0) is 12.3. The summed E-state index contributed by atoms with van der Waals surface area (Å²) in [6.07, 6.45) is 1.84. The van der Waals surface area contributed by atoms with Gasteiger partial charge in [-0.1, -0.05) is 19.1 Å². The van der Waals surface area contributed by atoms with E-state index < -0.39 is 0 Å². The Balaban J connectivity index is 2.15. The number of hydrogen-bond donors (Lipinski definition) is 2. The van der Waals surface area contributed by atoms with Gasteiger partial charge in [0.2, 0.25) is 0 Å². The second kappa shape index (κ2) is 5.64. The first-order chi connectivity index (χ1) is 8.19. The Hall–Kier alpha value is -0.880. The van der Waals surface area contributed by atoms with Crippen molar-refractivity contribution in [2.45, 2.75) is 25.8 Å². The number of aromatic nitrogens is 2. The number of hydrogen-bond acceptors (Lipinski definition) is 2. The smallest absolute Gasteiger partial charge is 0.0923 e. The SMILES string of the molecule is CCC(N)Cc1cc(-c2ccc(I)cc2)n[nH]1. The van der Waals surface area contributed by atoms with Gasteiger partial charge in [0.1, 0.15) is 0 Å². The van der Waals surface area contributed by atoms with Crippen molar-refractivity contribution < 1.29 is 0 Å². The number of halogens is 1. The molecule has 0 fully saturated rings. The Labute approximate surface area is 115 Å². The third-order valence-corrected chi connectivity index (χ3v) is 3.50. The Bertz CT molecular complexity index is 476. The van der Waals surface area contributed by atoms with E-state index >= 15 is 0 Å². The van der Waals surface area contributed by atoms with Gasteiger partial charge in [-0.2, -0.15) is 5.10 Å². The maximum atomic E-state index is 5.92. The molecule has 0 aliphatic carbocycles. The molecule has 1 heterocycles. The number of nitrogens with two attached hydrogens (primary N) is 1. The van der Waals surface area contributed by atoms with Crippen LogP contribution in [0.15, 0.2) is 30.3 Å². The number of H-pyrrole nitrogens is 1.